The molecule has 2 aliphatic heterocycles. The quantitative estimate of drug-likeness (QED) is 0.813. The van der Waals surface area contributed by atoms with Crippen molar-refractivity contribution in [3.63, 3.8) is 0 Å². The Balaban J connectivity index is 1.61. The van der Waals surface area contributed by atoms with Gasteiger partial charge in [-0.2, -0.15) is 0 Å². The molecule has 3 heterocycles. The van der Waals surface area contributed by atoms with Gasteiger partial charge in [0.15, 0.2) is 0 Å². The zero-order valence-electron chi connectivity index (χ0n) is 15.1. The van der Waals surface area contributed by atoms with Crippen LogP contribution < -0.4 is 0 Å². The summed E-state index contributed by atoms with van der Waals surface area (Å²) < 4.78 is 4.99. The van der Waals surface area contributed by atoms with E-state index >= 15 is 0 Å². The number of para-hydroxylation sites is 1. The third-order valence-electron chi connectivity index (χ3n) is 5.97. The van der Waals surface area contributed by atoms with E-state index < -0.39 is 12.0 Å². The van der Waals surface area contributed by atoms with Gasteiger partial charge in [0.05, 0.1) is 19.7 Å². The number of carbonyl (C=O) groups is 3. The van der Waals surface area contributed by atoms with Crippen LogP contribution in [-0.4, -0.2) is 58.8 Å². The van der Waals surface area contributed by atoms with E-state index in [9.17, 15) is 14.4 Å². The summed E-state index contributed by atoms with van der Waals surface area (Å²) in [6, 6.07) is 6.92. The van der Waals surface area contributed by atoms with E-state index in [1.165, 1.54) is 7.11 Å². The Bertz CT molecular complexity index is 961. The van der Waals surface area contributed by atoms with Crippen molar-refractivity contribution in [3.8, 4) is 0 Å². The predicted octanol–water partition coefficient (Wildman–Crippen LogP) is 1.39. The molecule has 1 saturated carbocycles. The number of ether oxygens (including phenoxy) is 1. The largest absolute Gasteiger partial charge is 0.467 e. The summed E-state index contributed by atoms with van der Waals surface area (Å²) in [5.41, 5.74) is 2.94. The van der Waals surface area contributed by atoms with Crippen molar-refractivity contribution in [2.45, 2.75) is 31.3 Å². The first-order valence-corrected chi connectivity index (χ1v) is 9.35. The lowest BCUT2D eigenvalue weighted by Crippen LogP contribution is -2.61. The molecule has 3 aliphatic rings. The Kier molecular flexibility index (Phi) is 3.54. The molecule has 0 radical (unpaired) electrons. The molecule has 5 rings (SSSR count). The standard InChI is InChI=1S/C20H21N3O4/c1-27-20(26)15-8-13-12-4-2-3-5-14(12)21-18(13)16-9-22(10-17(24)23(15)16)19(25)11-6-7-11/h2-5,11,15-16,21H,6-10H2,1H3/t15-,16-/m1/s1. The predicted molar refractivity (Wildman–Crippen MR) is 96.7 cm³/mol. The van der Waals surface area contributed by atoms with Gasteiger partial charge in [0.1, 0.15) is 6.04 Å². The van der Waals surface area contributed by atoms with E-state index in [2.05, 4.69) is 4.98 Å². The molecule has 7 nitrogen and oxygen atoms in total. The van der Waals surface area contributed by atoms with Gasteiger partial charge in [-0.3, -0.25) is 9.59 Å². The van der Waals surface area contributed by atoms with Crippen molar-refractivity contribution in [2.24, 2.45) is 5.92 Å². The zero-order chi connectivity index (χ0) is 18.7. The van der Waals surface area contributed by atoms with Gasteiger partial charge in [0.25, 0.3) is 0 Å². The van der Waals surface area contributed by atoms with Gasteiger partial charge >= 0.3 is 5.97 Å². The Morgan fingerprint density at radius 1 is 1.22 bits per heavy atom. The van der Waals surface area contributed by atoms with Crippen LogP contribution in [0.2, 0.25) is 0 Å². The lowest BCUT2D eigenvalue weighted by Gasteiger charge is -2.46. The number of nitrogens with one attached hydrogen (secondary N) is 1. The van der Waals surface area contributed by atoms with Crippen LogP contribution in [0.5, 0.6) is 0 Å². The molecule has 1 saturated heterocycles. The molecule has 1 aromatic carbocycles. The minimum atomic E-state index is -0.655. The SMILES string of the molecule is COC(=O)[C@H]1Cc2c([nH]c3ccccc23)[C@H]2CN(C(=O)C3CC3)CC(=O)N12. The highest BCUT2D eigenvalue weighted by atomic mass is 16.5. The van der Waals surface area contributed by atoms with Gasteiger partial charge in [-0.05, 0) is 24.5 Å². The molecular weight excluding hydrogens is 346 g/mol. The van der Waals surface area contributed by atoms with Crippen LogP contribution in [0, 0.1) is 5.92 Å². The van der Waals surface area contributed by atoms with Gasteiger partial charge in [0.2, 0.25) is 11.8 Å². The second-order valence-corrected chi connectivity index (χ2v) is 7.62. The van der Waals surface area contributed by atoms with Crippen molar-refractivity contribution in [1.82, 2.24) is 14.8 Å². The van der Waals surface area contributed by atoms with Crippen LogP contribution in [0.25, 0.3) is 10.9 Å². The molecule has 1 aliphatic carbocycles. The number of benzene rings is 1. The lowest BCUT2D eigenvalue weighted by molar-refractivity contribution is -0.162. The third-order valence-corrected chi connectivity index (χ3v) is 5.97. The highest BCUT2D eigenvalue weighted by Gasteiger charge is 2.48. The lowest BCUT2D eigenvalue weighted by atomic mass is 9.89. The van der Waals surface area contributed by atoms with Gasteiger partial charge in [-0.25, -0.2) is 4.79 Å². The molecular formula is C20H21N3O4. The number of piperazine rings is 1. The summed E-state index contributed by atoms with van der Waals surface area (Å²) in [5.74, 6) is -0.487. The van der Waals surface area contributed by atoms with Crippen LogP contribution in [0.15, 0.2) is 24.3 Å². The molecule has 140 valence electrons. The molecule has 2 amide bonds. The van der Waals surface area contributed by atoms with Crippen molar-refractivity contribution in [2.75, 3.05) is 20.2 Å². The number of rotatable bonds is 2. The van der Waals surface area contributed by atoms with Crippen LogP contribution >= 0.6 is 0 Å². The number of aromatic nitrogens is 1. The Hall–Kier alpha value is -2.83. The molecule has 27 heavy (non-hydrogen) atoms. The van der Waals surface area contributed by atoms with Crippen LogP contribution in [0.4, 0.5) is 0 Å². The van der Waals surface area contributed by atoms with E-state index in [1.54, 1.807) is 9.80 Å². The first-order chi connectivity index (χ1) is 13.1. The number of methoxy groups -OCH3 is 1. The van der Waals surface area contributed by atoms with Crippen LogP contribution in [0.3, 0.4) is 0 Å². The number of aromatic amines is 1. The van der Waals surface area contributed by atoms with Crippen LogP contribution in [-0.2, 0) is 25.5 Å². The van der Waals surface area contributed by atoms with E-state index in [4.69, 9.17) is 4.74 Å². The van der Waals surface area contributed by atoms with Crippen molar-refractivity contribution in [3.05, 3.63) is 35.5 Å². The minimum Gasteiger partial charge on any atom is -0.467 e. The molecule has 0 spiro atoms. The van der Waals surface area contributed by atoms with Crippen molar-refractivity contribution >= 4 is 28.7 Å². The summed E-state index contributed by atoms with van der Waals surface area (Å²) in [5, 5.41) is 1.05. The summed E-state index contributed by atoms with van der Waals surface area (Å²) in [6.45, 7) is 0.448. The number of fused-ring (bicyclic) bond motifs is 5. The number of nitrogens with zero attached hydrogens (tertiary/aromatic N) is 2. The first kappa shape index (κ1) is 16.4. The van der Waals surface area contributed by atoms with Gasteiger partial charge in [-0.1, -0.05) is 18.2 Å². The van der Waals surface area contributed by atoms with Crippen molar-refractivity contribution < 1.29 is 19.1 Å². The van der Waals surface area contributed by atoms with Gasteiger partial charge in [0, 0.05) is 35.5 Å². The van der Waals surface area contributed by atoms with E-state index in [0.29, 0.717) is 13.0 Å². The number of esters is 1. The molecule has 0 unspecified atom stereocenters. The fraction of sp³-hybridized carbons (Fsp3) is 0.450. The van der Waals surface area contributed by atoms with Crippen molar-refractivity contribution in [1.29, 1.82) is 0 Å². The van der Waals surface area contributed by atoms with Gasteiger partial charge in [-0.15, -0.1) is 0 Å². The smallest absolute Gasteiger partial charge is 0.328 e. The van der Waals surface area contributed by atoms with E-state index in [0.717, 1.165) is 35.0 Å². The normalized spacial score (nSPS) is 24.6. The molecule has 7 heteroatoms. The second kappa shape index (κ2) is 5.84. The Labute approximate surface area is 156 Å². The molecule has 1 N–H and O–H groups in total. The maximum absolute atomic E-state index is 13.0. The monoisotopic (exact) mass is 367 g/mol. The van der Waals surface area contributed by atoms with E-state index in [-0.39, 0.29) is 30.3 Å². The molecule has 2 aromatic rings. The summed E-state index contributed by atoms with van der Waals surface area (Å²) >= 11 is 0. The molecule has 2 atom stereocenters. The molecule has 0 bridgehead atoms. The number of H-pyrrole nitrogens is 1. The highest BCUT2D eigenvalue weighted by molar-refractivity contribution is 5.93. The fourth-order valence-corrected chi connectivity index (χ4v) is 4.51. The summed E-state index contributed by atoms with van der Waals surface area (Å²) in [7, 11) is 1.35. The first-order valence-electron chi connectivity index (χ1n) is 9.35. The Morgan fingerprint density at radius 3 is 2.74 bits per heavy atom. The topological polar surface area (TPSA) is 82.7 Å². The maximum Gasteiger partial charge on any atom is 0.328 e. The molecule has 2 fully saturated rings. The minimum absolute atomic E-state index is 0.0366. The van der Waals surface area contributed by atoms with E-state index in [1.807, 2.05) is 24.3 Å². The number of carbonyl (C=O) groups excluding carboxylic acids is 3. The number of hydrogen-bond acceptors (Lipinski definition) is 4. The summed E-state index contributed by atoms with van der Waals surface area (Å²) in [6.07, 6.45) is 2.23. The average Bonchev–Trinajstić information content (AvgIpc) is 3.46. The summed E-state index contributed by atoms with van der Waals surface area (Å²) in [4.78, 5) is 44.7. The number of amides is 2. The number of hydrogen-bond donors (Lipinski definition) is 1. The zero-order valence-corrected chi connectivity index (χ0v) is 15.1. The molecule has 1 aromatic heterocycles. The Morgan fingerprint density at radius 2 is 2.00 bits per heavy atom. The van der Waals surface area contributed by atoms with Gasteiger partial charge < -0.3 is 19.5 Å². The van der Waals surface area contributed by atoms with Crippen LogP contribution in [0.1, 0.15) is 30.1 Å². The highest BCUT2D eigenvalue weighted by Crippen LogP contribution is 2.41. The maximum atomic E-state index is 13.0. The second-order valence-electron chi connectivity index (χ2n) is 7.62. The third kappa shape index (κ3) is 2.44. The fourth-order valence-electron chi connectivity index (χ4n) is 4.51. The average molecular weight is 367 g/mol.